The van der Waals surface area contributed by atoms with Gasteiger partial charge in [-0.3, -0.25) is 0 Å². The van der Waals surface area contributed by atoms with Crippen LogP contribution in [0, 0.1) is 11.6 Å². The van der Waals surface area contributed by atoms with Gasteiger partial charge >= 0.3 is 0 Å². The van der Waals surface area contributed by atoms with Crippen molar-refractivity contribution in [3.8, 4) is 0 Å². The highest BCUT2D eigenvalue weighted by Crippen LogP contribution is 1.98. The van der Waals surface area contributed by atoms with Gasteiger partial charge < -0.3 is 10.7 Å². The van der Waals surface area contributed by atoms with E-state index in [4.69, 9.17) is 18.0 Å². The van der Waals surface area contributed by atoms with Crippen LogP contribution in [0.3, 0.4) is 0 Å². The molecule has 0 fully saturated rings. The number of aryl methyl sites for hydroxylation is 1. The monoisotopic (exact) mass is 141 g/mol. The quantitative estimate of drug-likeness (QED) is 0.530. The third-order valence-corrected chi connectivity index (χ3v) is 1.29. The molecule has 0 saturated heterocycles. The number of aromatic amines is 1. The van der Waals surface area contributed by atoms with Crippen molar-refractivity contribution in [1.82, 2.24) is 9.97 Å². The molecule has 1 aromatic heterocycles. The number of H-pyrrole nitrogens is 1. The average molecular weight is 141 g/mol. The summed E-state index contributed by atoms with van der Waals surface area (Å²) in [5.41, 5.74) is 5.91. The van der Waals surface area contributed by atoms with Crippen molar-refractivity contribution < 1.29 is 0 Å². The van der Waals surface area contributed by atoms with E-state index in [-0.39, 0.29) is 0 Å². The van der Waals surface area contributed by atoms with Crippen LogP contribution in [0.2, 0.25) is 0 Å². The fourth-order valence-electron chi connectivity index (χ4n) is 0.494. The Morgan fingerprint density at radius 3 is 2.89 bits per heavy atom. The molecule has 0 aliphatic carbocycles. The molecule has 0 aliphatic rings. The standard InChI is InChI=1S/C5H7N3S/c1-3-7-2-4(6)5(9)8-3/h2H,6H2,1H3,(H,7,8,9). The van der Waals surface area contributed by atoms with Crippen LogP contribution in [0.25, 0.3) is 0 Å². The fourth-order valence-corrected chi connectivity index (χ4v) is 0.694. The molecule has 1 heterocycles. The van der Waals surface area contributed by atoms with E-state index < -0.39 is 0 Å². The van der Waals surface area contributed by atoms with Gasteiger partial charge in [-0.25, -0.2) is 4.98 Å². The minimum atomic E-state index is 0.524. The minimum Gasteiger partial charge on any atom is -0.395 e. The first kappa shape index (κ1) is 6.22. The van der Waals surface area contributed by atoms with E-state index in [0.29, 0.717) is 10.3 Å². The second-order valence-corrected chi connectivity index (χ2v) is 2.16. The largest absolute Gasteiger partial charge is 0.395 e. The predicted octanol–water partition coefficient (Wildman–Crippen LogP) is 1.03. The highest BCUT2D eigenvalue weighted by Gasteiger charge is 1.87. The molecule has 1 rings (SSSR count). The molecule has 0 aromatic carbocycles. The topological polar surface area (TPSA) is 54.7 Å². The highest BCUT2D eigenvalue weighted by molar-refractivity contribution is 7.71. The van der Waals surface area contributed by atoms with Crippen LogP contribution < -0.4 is 5.73 Å². The Kier molecular flexibility index (Phi) is 1.48. The lowest BCUT2D eigenvalue weighted by Gasteiger charge is -1.92. The first-order valence-corrected chi connectivity index (χ1v) is 2.92. The second-order valence-electron chi connectivity index (χ2n) is 1.75. The normalized spacial score (nSPS) is 9.44. The summed E-state index contributed by atoms with van der Waals surface area (Å²) in [7, 11) is 0. The lowest BCUT2D eigenvalue weighted by atomic mass is 10.5. The summed E-state index contributed by atoms with van der Waals surface area (Å²) in [6.45, 7) is 1.83. The smallest absolute Gasteiger partial charge is 0.129 e. The van der Waals surface area contributed by atoms with Gasteiger partial charge in [0.2, 0.25) is 0 Å². The Morgan fingerprint density at radius 1 is 1.78 bits per heavy atom. The summed E-state index contributed by atoms with van der Waals surface area (Å²) in [5, 5.41) is 0. The maximum Gasteiger partial charge on any atom is 0.129 e. The first-order valence-electron chi connectivity index (χ1n) is 2.51. The van der Waals surface area contributed by atoms with Gasteiger partial charge in [0.05, 0.1) is 11.9 Å². The van der Waals surface area contributed by atoms with Crippen molar-refractivity contribution in [3.05, 3.63) is 16.7 Å². The summed E-state index contributed by atoms with van der Waals surface area (Å²) in [4.78, 5) is 6.71. The minimum absolute atomic E-state index is 0.524. The number of nitrogen functional groups attached to an aromatic ring is 1. The average Bonchev–Trinajstić information content (AvgIpc) is 1.80. The lowest BCUT2D eigenvalue weighted by molar-refractivity contribution is 1.05. The van der Waals surface area contributed by atoms with E-state index in [2.05, 4.69) is 9.97 Å². The van der Waals surface area contributed by atoms with Crippen LogP contribution in [0.1, 0.15) is 5.82 Å². The van der Waals surface area contributed by atoms with Gasteiger partial charge in [0, 0.05) is 0 Å². The van der Waals surface area contributed by atoms with Crippen molar-refractivity contribution in [2.45, 2.75) is 6.92 Å². The maximum atomic E-state index is 5.39. The SMILES string of the molecule is Cc1ncc(N)c(=S)[nH]1. The summed E-state index contributed by atoms with van der Waals surface area (Å²) in [6.07, 6.45) is 1.55. The molecule has 9 heavy (non-hydrogen) atoms. The number of nitrogens with two attached hydrogens (primary N) is 1. The number of hydrogen-bond donors (Lipinski definition) is 2. The molecule has 0 aliphatic heterocycles. The zero-order valence-corrected chi connectivity index (χ0v) is 5.83. The molecule has 48 valence electrons. The molecule has 0 atom stereocenters. The predicted molar refractivity (Wildman–Crippen MR) is 38.6 cm³/mol. The van der Waals surface area contributed by atoms with Crippen LogP contribution in [0.5, 0.6) is 0 Å². The maximum absolute atomic E-state index is 5.39. The van der Waals surface area contributed by atoms with Crippen LogP contribution in [0.4, 0.5) is 5.69 Å². The van der Waals surface area contributed by atoms with Crippen LogP contribution >= 0.6 is 12.2 Å². The fraction of sp³-hybridized carbons (Fsp3) is 0.200. The van der Waals surface area contributed by atoms with Crippen molar-refractivity contribution in [1.29, 1.82) is 0 Å². The van der Waals surface area contributed by atoms with Gasteiger partial charge in [-0.1, -0.05) is 12.2 Å². The van der Waals surface area contributed by atoms with Gasteiger partial charge in [0.1, 0.15) is 10.5 Å². The number of rotatable bonds is 0. The van der Waals surface area contributed by atoms with Crippen LogP contribution in [0.15, 0.2) is 6.20 Å². The molecular weight excluding hydrogens is 134 g/mol. The molecule has 0 bridgehead atoms. The van der Waals surface area contributed by atoms with E-state index >= 15 is 0 Å². The molecule has 4 heteroatoms. The van der Waals surface area contributed by atoms with Gasteiger partial charge in [0.25, 0.3) is 0 Å². The van der Waals surface area contributed by atoms with Gasteiger partial charge in [-0.05, 0) is 6.92 Å². The van der Waals surface area contributed by atoms with Crippen molar-refractivity contribution in [3.63, 3.8) is 0 Å². The van der Waals surface area contributed by atoms with E-state index in [9.17, 15) is 0 Å². The van der Waals surface area contributed by atoms with Gasteiger partial charge in [-0.15, -0.1) is 0 Å². The van der Waals surface area contributed by atoms with Gasteiger partial charge in [0.15, 0.2) is 0 Å². The van der Waals surface area contributed by atoms with Crippen LogP contribution in [-0.4, -0.2) is 9.97 Å². The lowest BCUT2D eigenvalue weighted by Crippen LogP contribution is -1.92. The Balaban J connectivity index is 3.34. The first-order chi connectivity index (χ1) is 4.20. The number of nitrogens with one attached hydrogen (secondary N) is 1. The third kappa shape index (κ3) is 1.26. The van der Waals surface area contributed by atoms with Crippen LogP contribution in [-0.2, 0) is 0 Å². The van der Waals surface area contributed by atoms with E-state index in [1.807, 2.05) is 6.92 Å². The van der Waals surface area contributed by atoms with E-state index in [1.54, 1.807) is 6.20 Å². The number of aromatic nitrogens is 2. The van der Waals surface area contributed by atoms with E-state index in [0.717, 1.165) is 5.82 Å². The van der Waals surface area contributed by atoms with Crippen molar-refractivity contribution in [2.24, 2.45) is 0 Å². The second kappa shape index (κ2) is 2.14. The molecule has 0 radical (unpaired) electrons. The molecular formula is C5H7N3S. The Bertz CT molecular complexity index is 265. The molecule has 0 unspecified atom stereocenters. The molecule has 0 saturated carbocycles. The molecule has 1 aromatic rings. The van der Waals surface area contributed by atoms with Gasteiger partial charge in [-0.2, -0.15) is 0 Å². The molecule has 3 nitrogen and oxygen atoms in total. The number of nitrogens with zero attached hydrogens (tertiary/aromatic N) is 1. The Morgan fingerprint density at radius 2 is 2.44 bits per heavy atom. The Hall–Kier alpha value is -0.900. The Labute approximate surface area is 57.9 Å². The summed E-state index contributed by atoms with van der Waals surface area (Å²) in [5.74, 6) is 0.786. The molecule has 3 N–H and O–H groups in total. The summed E-state index contributed by atoms with van der Waals surface area (Å²) >= 11 is 4.82. The third-order valence-electron chi connectivity index (χ3n) is 0.954. The molecule has 0 spiro atoms. The summed E-state index contributed by atoms with van der Waals surface area (Å²) < 4.78 is 0.558. The number of anilines is 1. The van der Waals surface area contributed by atoms with Crippen molar-refractivity contribution >= 4 is 17.9 Å². The zero-order valence-electron chi connectivity index (χ0n) is 5.01. The van der Waals surface area contributed by atoms with E-state index in [1.165, 1.54) is 0 Å². The molecule has 0 amide bonds. The zero-order chi connectivity index (χ0) is 6.85. The number of hydrogen-bond acceptors (Lipinski definition) is 3. The van der Waals surface area contributed by atoms with Crippen molar-refractivity contribution in [2.75, 3.05) is 5.73 Å². The summed E-state index contributed by atoms with van der Waals surface area (Å²) in [6, 6.07) is 0. The highest BCUT2D eigenvalue weighted by atomic mass is 32.1.